The minimum Gasteiger partial charge on any atom is -0.378 e. The standard InChI is InChI=1S/C17H26N4O3/c1-12(19-16(23)17(2,3)4)15(22)20-14-6-5-13(11-18-14)21-7-9-24-10-8-21/h5-6,11-12H,7-10H2,1-4H3,(H,19,23)(H,18,20,22). The number of ether oxygens (including phenoxy) is 1. The highest BCUT2D eigenvalue weighted by molar-refractivity contribution is 5.96. The molecule has 1 aliphatic rings. The van der Waals surface area contributed by atoms with E-state index in [2.05, 4.69) is 20.5 Å². The molecule has 1 aromatic rings. The average molecular weight is 334 g/mol. The van der Waals surface area contributed by atoms with Gasteiger partial charge in [0.25, 0.3) is 0 Å². The highest BCUT2D eigenvalue weighted by atomic mass is 16.5. The van der Waals surface area contributed by atoms with Crippen molar-refractivity contribution in [3.63, 3.8) is 0 Å². The molecule has 1 saturated heterocycles. The van der Waals surface area contributed by atoms with Crippen LogP contribution in [0.15, 0.2) is 18.3 Å². The number of nitrogens with zero attached hydrogens (tertiary/aromatic N) is 2. The molecule has 0 aliphatic carbocycles. The van der Waals surface area contributed by atoms with Gasteiger partial charge in [0.2, 0.25) is 11.8 Å². The van der Waals surface area contributed by atoms with Gasteiger partial charge in [-0.2, -0.15) is 0 Å². The lowest BCUT2D eigenvalue weighted by atomic mass is 9.95. The molecular formula is C17H26N4O3. The molecule has 0 saturated carbocycles. The fraction of sp³-hybridized carbons (Fsp3) is 0.588. The van der Waals surface area contributed by atoms with Crippen molar-refractivity contribution in [3.05, 3.63) is 18.3 Å². The molecule has 1 aromatic heterocycles. The fourth-order valence-corrected chi connectivity index (χ4v) is 2.18. The molecule has 1 fully saturated rings. The summed E-state index contributed by atoms with van der Waals surface area (Å²) in [5.41, 5.74) is 0.470. The van der Waals surface area contributed by atoms with Crippen molar-refractivity contribution in [1.29, 1.82) is 0 Å². The number of morpholine rings is 1. The molecule has 7 nitrogen and oxygen atoms in total. The SMILES string of the molecule is CC(NC(=O)C(C)(C)C)C(=O)Nc1ccc(N2CCOCC2)cn1. The Labute approximate surface area is 142 Å². The van der Waals surface area contributed by atoms with Crippen LogP contribution in [-0.4, -0.2) is 49.1 Å². The summed E-state index contributed by atoms with van der Waals surface area (Å²) in [5, 5.41) is 5.42. The van der Waals surface area contributed by atoms with E-state index in [4.69, 9.17) is 4.74 Å². The van der Waals surface area contributed by atoms with Crippen LogP contribution in [0, 0.1) is 5.41 Å². The molecule has 0 bridgehead atoms. The number of rotatable bonds is 4. The summed E-state index contributed by atoms with van der Waals surface area (Å²) in [6, 6.07) is 3.06. The first-order valence-electron chi connectivity index (χ1n) is 8.18. The van der Waals surface area contributed by atoms with Gasteiger partial charge in [0.15, 0.2) is 0 Å². The van der Waals surface area contributed by atoms with Gasteiger partial charge in [0, 0.05) is 18.5 Å². The maximum Gasteiger partial charge on any atom is 0.247 e. The third-order valence-corrected chi connectivity index (χ3v) is 3.80. The summed E-state index contributed by atoms with van der Waals surface area (Å²) in [5.74, 6) is 0.00821. The van der Waals surface area contributed by atoms with Gasteiger partial charge in [0.1, 0.15) is 11.9 Å². The lowest BCUT2D eigenvalue weighted by Crippen LogP contribution is -2.46. The summed E-state index contributed by atoms with van der Waals surface area (Å²) in [6.07, 6.45) is 1.74. The molecule has 1 aliphatic heterocycles. The van der Waals surface area contributed by atoms with Crippen LogP contribution in [0.4, 0.5) is 11.5 Å². The van der Waals surface area contributed by atoms with Crippen molar-refractivity contribution in [2.75, 3.05) is 36.5 Å². The molecule has 1 atom stereocenters. The number of hydrogen-bond donors (Lipinski definition) is 2. The van der Waals surface area contributed by atoms with Crippen LogP contribution in [-0.2, 0) is 14.3 Å². The minimum absolute atomic E-state index is 0.166. The molecule has 2 heterocycles. The molecule has 24 heavy (non-hydrogen) atoms. The summed E-state index contributed by atoms with van der Waals surface area (Å²) < 4.78 is 5.33. The van der Waals surface area contributed by atoms with E-state index < -0.39 is 11.5 Å². The number of pyridine rings is 1. The quantitative estimate of drug-likeness (QED) is 0.870. The van der Waals surface area contributed by atoms with Crippen LogP contribution in [0.3, 0.4) is 0 Å². The van der Waals surface area contributed by atoms with Crippen LogP contribution in [0.2, 0.25) is 0 Å². The highest BCUT2D eigenvalue weighted by Crippen LogP contribution is 2.17. The van der Waals surface area contributed by atoms with Gasteiger partial charge < -0.3 is 20.3 Å². The molecule has 2 amide bonds. The zero-order chi connectivity index (χ0) is 17.7. The first-order valence-corrected chi connectivity index (χ1v) is 8.18. The normalized spacial score (nSPS) is 16.4. The van der Waals surface area contributed by atoms with Crippen LogP contribution in [0.25, 0.3) is 0 Å². The van der Waals surface area contributed by atoms with Crippen molar-refractivity contribution >= 4 is 23.3 Å². The number of amides is 2. The molecule has 0 radical (unpaired) electrons. The van der Waals surface area contributed by atoms with E-state index in [0.717, 1.165) is 18.8 Å². The smallest absolute Gasteiger partial charge is 0.247 e. The molecule has 2 rings (SSSR count). The van der Waals surface area contributed by atoms with Gasteiger partial charge in [-0.15, -0.1) is 0 Å². The second kappa shape index (κ2) is 7.61. The number of carbonyl (C=O) groups is 2. The van der Waals surface area contributed by atoms with Crippen molar-refractivity contribution in [2.24, 2.45) is 5.41 Å². The largest absolute Gasteiger partial charge is 0.378 e. The van der Waals surface area contributed by atoms with E-state index in [9.17, 15) is 9.59 Å². The van der Waals surface area contributed by atoms with E-state index in [1.54, 1.807) is 40.0 Å². The molecular weight excluding hydrogens is 308 g/mol. The summed E-state index contributed by atoms with van der Waals surface area (Å²) in [6.45, 7) is 10.2. The summed E-state index contributed by atoms with van der Waals surface area (Å²) in [7, 11) is 0. The third-order valence-electron chi connectivity index (χ3n) is 3.80. The predicted octanol–water partition coefficient (Wildman–Crippen LogP) is 1.41. The maximum atomic E-state index is 12.2. The number of nitrogens with one attached hydrogen (secondary N) is 2. The number of aromatic nitrogens is 1. The Kier molecular flexibility index (Phi) is 5.77. The zero-order valence-electron chi connectivity index (χ0n) is 14.8. The van der Waals surface area contributed by atoms with Gasteiger partial charge >= 0.3 is 0 Å². The Morgan fingerprint density at radius 3 is 2.46 bits per heavy atom. The topological polar surface area (TPSA) is 83.6 Å². The summed E-state index contributed by atoms with van der Waals surface area (Å²) >= 11 is 0. The van der Waals surface area contributed by atoms with Crippen LogP contribution in [0.5, 0.6) is 0 Å². The van der Waals surface area contributed by atoms with Crippen molar-refractivity contribution in [1.82, 2.24) is 10.3 Å². The van der Waals surface area contributed by atoms with Crippen molar-refractivity contribution < 1.29 is 14.3 Å². The van der Waals surface area contributed by atoms with Crippen LogP contribution < -0.4 is 15.5 Å². The van der Waals surface area contributed by atoms with Gasteiger partial charge in [-0.05, 0) is 19.1 Å². The fourth-order valence-electron chi connectivity index (χ4n) is 2.18. The van der Waals surface area contributed by atoms with E-state index in [-0.39, 0.29) is 11.8 Å². The van der Waals surface area contributed by atoms with Gasteiger partial charge in [-0.3, -0.25) is 9.59 Å². The minimum atomic E-state index is -0.627. The van der Waals surface area contributed by atoms with E-state index in [0.29, 0.717) is 19.0 Å². The lowest BCUT2D eigenvalue weighted by Gasteiger charge is -2.28. The highest BCUT2D eigenvalue weighted by Gasteiger charge is 2.25. The van der Waals surface area contributed by atoms with Crippen molar-refractivity contribution in [3.8, 4) is 0 Å². The monoisotopic (exact) mass is 334 g/mol. The Hall–Kier alpha value is -2.15. The van der Waals surface area contributed by atoms with Crippen LogP contribution >= 0.6 is 0 Å². The Morgan fingerprint density at radius 2 is 1.92 bits per heavy atom. The van der Waals surface area contributed by atoms with E-state index in [1.165, 1.54) is 0 Å². The van der Waals surface area contributed by atoms with Gasteiger partial charge in [-0.25, -0.2) is 4.98 Å². The Morgan fingerprint density at radius 1 is 1.25 bits per heavy atom. The maximum absolute atomic E-state index is 12.2. The molecule has 132 valence electrons. The molecule has 0 spiro atoms. The lowest BCUT2D eigenvalue weighted by molar-refractivity contribution is -0.131. The predicted molar refractivity (Wildman–Crippen MR) is 93.0 cm³/mol. The van der Waals surface area contributed by atoms with Gasteiger partial charge in [0.05, 0.1) is 25.1 Å². The second-order valence-corrected chi connectivity index (χ2v) is 6.94. The number of carbonyl (C=O) groups excluding carboxylic acids is 2. The third kappa shape index (κ3) is 4.92. The Bertz CT molecular complexity index is 574. The first-order chi connectivity index (χ1) is 11.3. The van der Waals surface area contributed by atoms with E-state index in [1.807, 2.05) is 6.07 Å². The Balaban J connectivity index is 1.90. The molecule has 1 unspecified atom stereocenters. The number of hydrogen-bond acceptors (Lipinski definition) is 5. The number of anilines is 2. The summed E-state index contributed by atoms with van der Waals surface area (Å²) in [4.78, 5) is 30.6. The second-order valence-electron chi connectivity index (χ2n) is 6.94. The van der Waals surface area contributed by atoms with E-state index >= 15 is 0 Å². The van der Waals surface area contributed by atoms with Gasteiger partial charge in [-0.1, -0.05) is 20.8 Å². The first kappa shape index (κ1) is 18.2. The zero-order valence-corrected chi connectivity index (χ0v) is 14.8. The molecule has 7 heteroatoms. The van der Waals surface area contributed by atoms with Crippen LogP contribution in [0.1, 0.15) is 27.7 Å². The van der Waals surface area contributed by atoms with Crippen molar-refractivity contribution in [2.45, 2.75) is 33.7 Å². The average Bonchev–Trinajstić information content (AvgIpc) is 2.55. The molecule has 0 aromatic carbocycles. The molecule has 2 N–H and O–H groups in total.